The van der Waals surface area contributed by atoms with Crippen LogP contribution < -0.4 is 4.74 Å². The lowest BCUT2D eigenvalue weighted by atomic mass is 10.2. The molecule has 0 fully saturated rings. The molecule has 0 saturated heterocycles. The monoisotopic (exact) mass is 251 g/mol. The van der Waals surface area contributed by atoms with Gasteiger partial charge in [-0.3, -0.25) is 4.98 Å². The van der Waals surface area contributed by atoms with Gasteiger partial charge in [0.15, 0.2) is 5.75 Å². The molecule has 1 heterocycles. The molecule has 0 spiro atoms. The smallest absolute Gasteiger partial charge is 0.266 e. The van der Waals surface area contributed by atoms with Crippen molar-refractivity contribution in [3.8, 4) is 5.75 Å². The summed E-state index contributed by atoms with van der Waals surface area (Å²) in [5.74, 6) is 0.320. The van der Waals surface area contributed by atoms with Gasteiger partial charge in [0.2, 0.25) is 0 Å². The van der Waals surface area contributed by atoms with E-state index in [-0.39, 0.29) is 10.0 Å². The Balaban J connectivity index is 3.30. The summed E-state index contributed by atoms with van der Waals surface area (Å²) < 4.78 is 30.1. The molecule has 0 amide bonds. The number of methoxy groups -OCH3 is 1. The van der Waals surface area contributed by atoms with E-state index in [0.717, 1.165) is 0 Å². The fourth-order valence-corrected chi connectivity index (χ4v) is 1.69. The lowest BCUT2D eigenvalue weighted by Crippen LogP contribution is -1.97. The van der Waals surface area contributed by atoms with Crippen molar-refractivity contribution in [1.82, 2.24) is 4.98 Å². The fourth-order valence-electron chi connectivity index (χ4n) is 0.969. The number of halogens is 3. The van der Waals surface area contributed by atoms with Gasteiger partial charge < -0.3 is 4.74 Å². The largest absolute Gasteiger partial charge is 0.494 e. The molecule has 1 aromatic heterocycles. The van der Waals surface area contributed by atoms with Crippen molar-refractivity contribution in [3.63, 3.8) is 0 Å². The molecule has 0 aliphatic rings. The first-order valence-corrected chi connectivity index (χ1v) is 4.34. The standard InChI is InChI=1S/C8H8BrF2NO/c1-4-6(8(10)11)7(9)5(13-2)3-12-4/h3,8H,1-2H3. The van der Waals surface area contributed by atoms with Crippen LogP contribution in [0, 0.1) is 6.92 Å². The topological polar surface area (TPSA) is 22.1 Å². The number of hydrogen-bond donors (Lipinski definition) is 0. The molecule has 0 aliphatic heterocycles. The van der Waals surface area contributed by atoms with E-state index in [1.54, 1.807) is 0 Å². The number of ether oxygens (including phenoxy) is 1. The van der Waals surface area contributed by atoms with Crippen molar-refractivity contribution in [2.24, 2.45) is 0 Å². The second-order valence-electron chi connectivity index (χ2n) is 2.44. The van der Waals surface area contributed by atoms with Gasteiger partial charge in [-0.1, -0.05) is 0 Å². The van der Waals surface area contributed by atoms with E-state index in [9.17, 15) is 8.78 Å². The average Bonchev–Trinajstić information content (AvgIpc) is 2.04. The molecule has 0 aromatic carbocycles. The van der Waals surface area contributed by atoms with Crippen molar-refractivity contribution >= 4 is 15.9 Å². The van der Waals surface area contributed by atoms with Crippen LogP contribution in [0.25, 0.3) is 0 Å². The van der Waals surface area contributed by atoms with E-state index < -0.39 is 6.43 Å². The van der Waals surface area contributed by atoms with Gasteiger partial charge in [0.05, 0.1) is 23.3 Å². The molecule has 0 atom stereocenters. The van der Waals surface area contributed by atoms with E-state index in [4.69, 9.17) is 4.74 Å². The van der Waals surface area contributed by atoms with Crippen LogP contribution in [0.5, 0.6) is 5.75 Å². The van der Waals surface area contributed by atoms with Gasteiger partial charge in [0.1, 0.15) is 0 Å². The number of pyridine rings is 1. The van der Waals surface area contributed by atoms with E-state index >= 15 is 0 Å². The van der Waals surface area contributed by atoms with Gasteiger partial charge in [0.25, 0.3) is 6.43 Å². The molecule has 1 aromatic rings. The molecule has 0 unspecified atom stereocenters. The third kappa shape index (κ3) is 1.96. The Morgan fingerprint density at radius 2 is 2.15 bits per heavy atom. The molecule has 5 heteroatoms. The van der Waals surface area contributed by atoms with Crippen molar-refractivity contribution in [3.05, 3.63) is 21.9 Å². The number of aromatic nitrogens is 1. The Morgan fingerprint density at radius 1 is 1.54 bits per heavy atom. The van der Waals surface area contributed by atoms with Crippen molar-refractivity contribution in [2.45, 2.75) is 13.3 Å². The lowest BCUT2D eigenvalue weighted by molar-refractivity contribution is 0.148. The highest BCUT2D eigenvalue weighted by Gasteiger charge is 2.18. The summed E-state index contributed by atoms with van der Waals surface area (Å²) >= 11 is 3.05. The summed E-state index contributed by atoms with van der Waals surface area (Å²) in [6.45, 7) is 1.53. The lowest BCUT2D eigenvalue weighted by Gasteiger charge is -2.09. The molecule has 13 heavy (non-hydrogen) atoms. The number of aryl methyl sites for hydroxylation is 1. The molecule has 72 valence electrons. The third-order valence-corrected chi connectivity index (χ3v) is 2.47. The SMILES string of the molecule is COc1cnc(C)c(C(F)F)c1Br. The Hall–Kier alpha value is -0.710. The molecule has 1 rings (SSSR count). The van der Waals surface area contributed by atoms with Gasteiger partial charge in [-0.2, -0.15) is 0 Å². The van der Waals surface area contributed by atoms with E-state index in [0.29, 0.717) is 11.4 Å². The van der Waals surface area contributed by atoms with Crippen molar-refractivity contribution in [1.29, 1.82) is 0 Å². The minimum absolute atomic E-state index is 0.112. The summed E-state index contributed by atoms with van der Waals surface area (Å²) in [6.07, 6.45) is -1.14. The molecule has 0 aliphatic carbocycles. The predicted molar refractivity (Wildman–Crippen MR) is 48.2 cm³/mol. The van der Waals surface area contributed by atoms with Crippen molar-refractivity contribution < 1.29 is 13.5 Å². The van der Waals surface area contributed by atoms with E-state index in [1.165, 1.54) is 20.2 Å². The Morgan fingerprint density at radius 3 is 2.62 bits per heavy atom. The van der Waals surface area contributed by atoms with Gasteiger partial charge in [-0.15, -0.1) is 0 Å². The van der Waals surface area contributed by atoms with E-state index in [1.807, 2.05) is 0 Å². The maximum absolute atomic E-state index is 12.5. The Labute approximate surface area is 83.1 Å². The summed E-state index contributed by atoms with van der Waals surface area (Å²) in [5, 5.41) is 0. The second-order valence-corrected chi connectivity index (χ2v) is 3.23. The normalized spacial score (nSPS) is 10.6. The zero-order valence-corrected chi connectivity index (χ0v) is 8.73. The van der Waals surface area contributed by atoms with Crippen LogP contribution in [0.4, 0.5) is 8.78 Å². The molecular formula is C8H8BrF2NO. The van der Waals surface area contributed by atoms with Crippen LogP contribution in [0.15, 0.2) is 10.7 Å². The summed E-state index contributed by atoms with van der Waals surface area (Å²) in [4.78, 5) is 3.80. The molecule has 0 bridgehead atoms. The predicted octanol–water partition coefficient (Wildman–Crippen LogP) is 3.10. The molecule has 0 saturated carbocycles. The quantitative estimate of drug-likeness (QED) is 0.806. The number of alkyl halides is 2. The van der Waals surface area contributed by atoms with Crippen LogP contribution in [0.1, 0.15) is 17.7 Å². The number of hydrogen-bond acceptors (Lipinski definition) is 2. The summed E-state index contributed by atoms with van der Waals surface area (Å²) in [7, 11) is 1.41. The van der Waals surface area contributed by atoms with Gasteiger partial charge in [-0.05, 0) is 22.9 Å². The van der Waals surface area contributed by atoms with Gasteiger partial charge in [0, 0.05) is 5.69 Å². The average molecular weight is 252 g/mol. The highest BCUT2D eigenvalue weighted by atomic mass is 79.9. The minimum Gasteiger partial charge on any atom is -0.494 e. The van der Waals surface area contributed by atoms with Gasteiger partial charge >= 0.3 is 0 Å². The van der Waals surface area contributed by atoms with Crippen LogP contribution in [0.3, 0.4) is 0 Å². The van der Waals surface area contributed by atoms with Crippen molar-refractivity contribution in [2.75, 3.05) is 7.11 Å². The van der Waals surface area contributed by atoms with Crippen LogP contribution in [-0.2, 0) is 0 Å². The first-order chi connectivity index (χ1) is 6.07. The highest BCUT2D eigenvalue weighted by Crippen LogP contribution is 2.35. The molecule has 0 N–H and O–H groups in total. The molecular weight excluding hydrogens is 244 g/mol. The second kappa shape index (κ2) is 4.00. The zero-order chi connectivity index (χ0) is 10.0. The van der Waals surface area contributed by atoms with Crippen LogP contribution >= 0.6 is 15.9 Å². The first-order valence-electron chi connectivity index (χ1n) is 3.55. The summed E-state index contributed by atoms with van der Waals surface area (Å²) in [5.41, 5.74) is 0.196. The first kappa shape index (κ1) is 10.4. The third-order valence-electron chi connectivity index (χ3n) is 1.66. The maximum atomic E-state index is 12.5. The zero-order valence-electron chi connectivity index (χ0n) is 7.14. The number of rotatable bonds is 2. The fraction of sp³-hybridized carbons (Fsp3) is 0.375. The number of nitrogens with zero attached hydrogens (tertiary/aromatic N) is 1. The Bertz CT molecular complexity index is 317. The van der Waals surface area contributed by atoms with Crippen LogP contribution in [-0.4, -0.2) is 12.1 Å². The van der Waals surface area contributed by atoms with Crippen LogP contribution in [0.2, 0.25) is 0 Å². The molecule has 2 nitrogen and oxygen atoms in total. The maximum Gasteiger partial charge on any atom is 0.266 e. The summed E-state index contributed by atoms with van der Waals surface area (Å²) in [6, 6.07) is 0. The van der Waals surface area contributed by atoms with E-state index in [2.05, 4.69) is 20.9 Å². The van der Waals surface area contributed by atoms with Gasteiger partial charge in [-0.25, -0.2) is 8.78 Å². The highest BCUT2D eigenvalue weighted by molar-refractivity contribution is 9.10. The molecule has 0 radical (unpaired) electrons. The minimum atomic E-state index is -2.54. The Kier molecular flexibility index (Phi) is 3.19.